The third-order valence-corrected chi connectivity index (χ3v) is 5.83. The van der Waals surface area contributed by atoms with Crippen LogP contribution >= 0.6 is 11.8 Å². The van der Waals surface area contributed by atoms with Crippen molar-refractivity contribution in [2.24, 2.45) is 11.8 Å². The molecular formula is C18H26O2S. The van der Waals surface area contributed by atoms with Gasteiger partial charge in [0.05, 0.1) is 5.92 Å². The standard InChI is InChI=1S/C18H26O2S/c1-13(2)10-11-21-17-12-15(8-9-16(17)18(19)20)14-6-4-3-5-7-14/h3-7,13,15-17H,8-12H2,1-2H3,(H,19,20). The fourth-order valence-electron chi connectivity index (χ4n) is 3.08. The van der Waals surface area contributed by atoms with E-state index in [0.717, 1.165) is 25.0 Å². The number of aliphatic carboxylic acids is 1. The molecule has 0 spiro atoms. The molecule has 1 fully saturated rings. The molecule has 3 unspecified atom stereocenters. The topological polar surface area (TPSA) is 37.3 Å². The van der Waals surface area contributed by atoms with Crippen molar-refractivity contribution in [3.63, 3.8) is 0 Å². The number of benzene rings is 1. The molecule has 3 atom stereocenters. The first-order valence-electron chi connectivity index (χ1n) is 7.97. The van der Waals surface area contributed by atoms with Gasteiger partial charge < -0.3 is 5.11 Å². The molecule has 3 heteroatoms. The summed E-state index contributed by atoms with van der Waals surface area (Å²) in [6.45, 7) is 4.45. The van der Waals surface area contributed by atoms with E-state index in [1.807, 2.05) is 17.8 Å². The maximum atomic E-state index is 11.5. The SMILES string of the molecule is CC(C)CCSC1CC(c2ccccc2)CCC1C(=O)O. The molecule has 2 rings (SSSR count). The van der Waals surface area contributed by atoms with E-state index in [2.05, 4.69) is 38.1 Å². The molecule has 0 amide bonds. The molecule has 0 saturated heterocycles. The highest BCUT2D eigenvalue weighted by molar-refractivity contribution is 7.99. The molecular weight excluding hydrogens is 280 g/mol. The summed E-state index contributed by atoms with van der Waals surface area (Å²) in [5, 5.41) is 9.72. The van der Waals surface area contributed by atoms with Gasteiger partial charge in [0.2, 0.25) is 0 Å². The summed E-state index contributed by atoms with van der Waals surface area (Å²) >= 11 is 1.88. The largest absolute Gasteiger partial charge is 0.481 e. The Labute approximate surface area is 132 Å². The first kappa shape index (κ1) is 16.4. The first-order chi connectivity index (χ1) is 10.1. The van der Waals surface area contributed by atoms with Crippen molar-refractivity contribution >= 4 is 17.7 Å². The van der Waals surface area contributed by atoms with Crippen molar-refractivity contribution in [3.8, 4) is 0 Å². The third kappa shape index (κ3) is 4.77. The number of carboxylic acid groups (broad SMARTS) is 1. The molecule has 0 radical (unpaired) electrons. The predicted octanol–water partition coefficient (Wildman–Crippen LogP) is 4.80. The summed E-state index contributed by atoms with van der Waals surface area (Å²) in [5.41, 5.74) is 1.37. The summed E-state index contributed by atoms with van der Waals surface area (Å²) in [7, 11) is 0. The number of carboxylic acids is 1. The quantitative estimate of drug-likeness (QED) is 0.820. The van der Waals surface area contributed by atoms with Crippen molar-refractivity contribution < 1.29 is 9.90 Å². The Hall–Kier alpha value is -0.960. The molecule has 0 heterocycles. The second kappa shape index (κ2) is 7.88. The summed E-state index contributed by atoms with van der Waals surface area (Å²) in [6.07, 6.45) is 3.99. The lowest BCUT2D eigenvalue weighted by atomic mass is 9.78. The van der Waals surface area contributed by atoms with Crippen LogP contribution in [0.15, 0.2) is 30.3 Å². The minimum absolute atomic E-state index is 0.165. The summed E-state index contributed by atoms with van der Waals surface area (Å²) in [5.74, 6) is 1.52. The van der Waals surface area contributed by atoms with Crippen molar-refractivity contribution in [1.82, 2.24) is 0 Å². The Balaban J connectivity index is 1.99. The third-order valence-electron chi connectivity index (χ3n) is 4.41. The normalized spacial score (nSPS) is 26.0. The smallest absolute Gasteiger partial charge is 0.307 e. The van der Waals surface area contributed by atoms with E-state index in [9.17, 15) is 9.90 Å². The van der Waals surface area contributed by atoms with Crippen LogP contribution in [0, 0.1) is 11.8 Å². The van der Waals surface area contributed by atoms with Gasteiger partial charge in [0.25, 0.3) is 0 Å². The summed E-state index contributed by atoms with van der Waals surface area (Å²) in [4.78, 5) is 11.5. The van der Waals surface area contributed by atoms with Crippen molar-refractivity contribution in [1.29, 1.82) is 0 Å². The maximum absolute atomic E-state index is 11.5. The lowest BCUT2D eigenvalue weighted by molar-refractivity contribution is -0.142. The van der Waals surface area contributed by atoms with Crippen molar-refractivity contribution in [2.75, 3.05) is 5.75 Å². The molecule has 1 aliphatic rings. The van der Waals surface area contributed by atoms with Crippen LogP contribution in [0.2, 0.25) is 0 Å². The fraction of sp³-hybridized carbons (Fsp3) is 0.611. The number of hydrogen-bond acceptors (Lipinski definition) is 2. The Morgan fingerprint density at radius 3 is 2.62 bits per heavy atom. The van der Waals surface area contributed by atoms with Gasteiger partial charge >= 0.3 is 5.97 Å². The molecule has 0 aromatic heterocycles. The van der Waals surface area contributed by atoms with Crippen LogP contribution in [0.5, 0.6) is 0 Å². The second-order valence-electron chi connectivity index (χ2n) is 6.46. The average molecular weight is 306 g/mol. The zero-order valence-electron chi connectivity index (χ0n) is 13.0. The highest BCUT2D eigenvalue weighted by Crippen LogP contribution is 2.41. The van der Waals surface area contributed by atoms with Gasteiger partial charge in [0.15, 0.2) is 0 Å². The Morgan fingerprint density at radius 1 is 1.29 bits per heavy atom. The number of thioether (sulfide) groups is 1. The number of rotatable bonds is 6. The number of carbonyl (C=O) groups is 1. The minimum atomic E-state index is -0.608. The summed E-state index contributed by atoms with van der Waals surface area (Å²) < 4.78 is 0. The van der Waals surface area contributed by atoms with Crippen LogP contribution in [0.3, 0.4) is 0 Å². The van der Waals surface area contributed by atoms with Crippen molar-refractivity contribution in [3.05, 3.63) is 35.9 Å². The van der Waals surface area contributed by atoms with Gasteiger partial charge in [-0.2, -0.15) is 11.8 Å². The van der Waals surface area contributed by atoms with Gasteiger partial charge in [-0.15, -0.1) is 0 Å². The van der Waals surface area contributed by atoms with Crippen LogP contribution in [0.25, 0.3) is 0 Å². The molecule has 2 nitrogen and oxygen atoms in total. The highest BCUT2D eigenvalue weighted by Gasteiger charge is 2.35. The molecule has 0 aliphatic heterocycles. The Bertz CT molecular complexity index is 444. The zero-order valence-corrected chi connectivity index (χ0v) is 13.8. The predicted molar refractivity (Wildman–Crippen MR) is 89.9 cm³/mol. The molecule has 21 heavy (non-hydrogen) atoms. The lowest BCUT2D eigenvalue weighted by Gasteiger charge is -2.34. The molecule has 1 aromatic carbocycles. The van der Waals surface area contributed by atoms with Gasteiger partial charge in [0, 0.05) is 5.25 Å². The average Bonchev–Trinajstić information content (AvgIpc) is 2.47. The Morgan fingerprint density at radius 2 is 2.00 bits per heavy atom. The monoisotopic (exact) mass is 306 g/mol. The van der Waals surface area contributed by atoms with E-state index in [1.165, 1.54) is 12.0 Å². The Kier molecular flexibility index (Phi) is 6.16. The number of hydrogen-bond donors (Lipinski definition) is 1. The zero-order chi connectivity index (χ0) is 15.2. The lowest BCUT2D eigenvalue weighted by Crippen LogP contribution is -2.32. The first-order valence-corrected chi connectivity index (χ1v) is 9.02. The molecule has 1 saturated carbocycles. The molecule has 1 aliphatic carbocycles. The van der Waals surface area contributed by atoms with Gasteiger partial charge in [-0.3, -0.25) is 4.79 Å². The van der Waals surface area contributed by atoms with Gasteiger partial charge in [-0.1, -0.05) is 44.2 Å². The van der Waals surface area contributed by atoms with E-state index in [4.69, 9.17) is 0 Å². The van der Waals surface area contributed by atoms with Crippen molar-refractivity contribution in [2.45, 2.75) is 50.7 Å². The second-order valence-corrected chi connectivity index (χ2v) is 7.80. The van der Waals surface area contributed by atoms with E-state index in [1.54, 1.807) is 0 Å². The van der Waals surface area contributed by atoms with Crippen LogP contribution < -0.4 is 0 Å². The van der Waals surface area contributed by atoms with Crippen LogP contribution in [0.4, 0.5) is 0 Å². The molecule has 1 aromatic rings. The fourth-order valence-corrected chi connectivity index (χ4v) is 4.84. The van der Waals surface area contributed by atoms with Gasteiger partial charge in [-0.25, -0.2) is 0 Å². The minimum Gasteiger partial charge on any atom is -0.481 e. The van der Waals surface area contributed by atoms with E-state index >= 15 is 0 Å². The molecule has 116 valence electrons. The van der Waals surface area contributed by atoms with E-state index in [0.29, 0.717) is 11.8 Å². The van der Waals surface area contributed by atoms with Gasteiger partial charge in [-0.05, 0) is 48.8 Å². The van der Waals surface area contributed by atoms with Crippen LogP contribution in [-0.4, -0.2) is 22.1 Å². The van der Waals surface area contributed by atoms with Crippen LogP contribution in [0.1, 0.15) is 51.0 Å². The summed E-state index contributed by atoms with van der Waals surface area (Å²) in [6, 6.07) is 10.6. The van der Waals surface area contributed by atoms with E-state index in [-0.39, 0.29) is 11.2 Å². The highest BCUT2D eigenvalue weighted by atomic mass is 32.2. The molecule has 1 N–H and O–H groups in total. The molecule has 0 bridgehead atoms. The van der Waals surface area contributed by atoms with Gasteiger partial charge in [0.1, 0.15) is 0 Å². The van der Waals surface area contributed by atoms with Crippen LogP contribution in [-0.2, 0) is 4.79 Å². The van der Waals surface area contributed by atoms with E-state index < -0.39 is 5.97 Å². The maximum Gasteiger partial charge on any atom is 0.307 e.